The number of carbonyl (C=O) groups is 2. The molecule has 5 rings (SSSR count). The van der Waals surface area contributed by atoms with Crippen LogP contribution in [0.5, 0.6) is 0 Å². The molecule has 0 bridgehead atoms. The number of hydrogen-bond donors (Lipinski definition) is 1. The molecule has 1 atom stereocenters. The van der Waals surface area contributed by atoms with E-state index in [1.54, 1.807) is 49.9 Å². The van der Waals surface area contributed by atoms with Crippen LogP contribution in [0.3, 0.4) is 0 Å². The fourth-order valence-corrected chi connectivity index (χ4v) is 5.95. The van der Waals surface area contributed by atoms with Gasteiger partial charge in [0.05, 0.1) is 35.0 Å². The number of anilines is 3. The average Bonchev–Trinajstić information content (AvgIpc) is 3.46. The Morgan fingerprint density at radius 2 is 2.00 bits per heavy atom. The third-order valence-corrected chi connectivity index (χ3v) is 7.85. The van der Waals surface area contributed by atoms with Gasteiger partial charge in [0.1, 0.15) is 17.0 Å². The average molecular weight is 507 g/mol. The summed E-state index contributed by atoms with van der Waals surface area (Å²) < 4.78 is 1.85. The molecule has 4 aromatic rings. The van der Waals surface area contributed by atoms with Crippen LogP contribution in [0.25, 0.3) is 15.7 Å². The standard InChI is InChI=1S/C25H30N8O2S/c1-30(2)19-12-33-16(8-9-28-33)11-18(19)29-23-22-17-7-6-15(10-20(17)36-24(22)27-14-26-23)25(35)32(5)13-21(34)31(3)4/h8-9,11-12,14-15H,6-7,10,13H2,1-5H3,(H,26,27,29)/t15-/m0/s1. The first-order valence-corrected chi connectivity index (χ1v) is 12.7. The van der Waals surface area contributed by atoms with Gasteiger partial charge in [0.2, 0.25) is 11.8 Å². The van der Waals surface area contributed by atoms with Crippen molar-refractivity contribution in [3.05, 3.63) is 41.3 Å². The van der Waals surface area contributed by atoms with E-state index in [9.17, 15) is 9.59 Å². The first-order chi connectivity index (χ1) is 17.2. The maximum Gasteiger partial charge on any atom is 0.241 e. The minimum atomic E-state index is -0.139. The molecule has 0 fully saturated rings. The first-order valence-electron chi connectivity index (χ1n) is 11.8. The minimum Gasteiger partial charge on any atom is -0.375 e. The number of hydrogen-bond acceptors (Lipinski definition) is 8. The number of thiophene rings is 1. The maximum atomic E-state index is 13.1. The second kappa shape index (κ2) is 9.38. The van der Waals surface area contributed by atoms with E-state index in [-0.39, 0.29) is 24.3 Å². The largest absolute Gasteiger partial charge is 0.375 e. The van der Waals surface area contributed by atoms with Crippen LogP contribution >= 0.6 is 11.3 Å². The molecule has 0 radical (unpaired) electrons. The van der Waals surface area contributed by atoms with Crippen molar-refractivity contribution in [3.63, 3.8) is 0 Å². The van der Waals surface area contributed by atoms with Gasteiger partial charge in [-0.2, -0.15) is 5.10 Å². The van der Waals surface area contributed by atoms with Gasteiger partial charge in [-0.3, -0.25) is 9.59 Å². The third-order valence-electron chi connectivity index (χ3n) is 6.69. The number of nitrogens with one attached hydrogen (secondary N) is 1. The zero-order valence-corrected chi connectivity index (χ0v) is 22.0. The number of nitrogens with zero attached hydrogens (tertiary/aromatic N) is 7. The van der Waals surface area contributed by atoms with Gasteiger partial charge in [0, 0.05) is 52.2 Å². The van der Waals surface area contributed by atoms with Gasteiger partial charge in [0.15, 0.2) is 0 Å². The Labute approximate surface area is 213 Å². The van der Waals surface area contributed by atoms with Gasteiger partial charge in [-0.25, -0.2) is 14.5 Å². The lowest BCUT2D eigenvalue weighted by Crippen LogP contribution is -2.41. The lowest BCUT2D eigenvalue weighted by atomic mass is 9.87. The molecular weight excluding hydrogens is 476 g/mol. The Kier molecular flexibility index (Phi) is 6.25. The summed E-state index contributed by atoms with van der Waals surface area (Å²) in [5.41, 5.74) is 4.12. The van der Waals surface area contributed by atoms with Crippen molar-refractivity contribution in [2.24, 2.45) is 5.92 Å². The number of aryl methyl sites for hydroxylation is 1. The van der Waals surface area contributed by atoms with Crippen molar-refractivity contribution >= 4 is 56.1 Å². The molecule has 4 heterocycles. The highest BCUT2D eigenvalue weighted by atomic mass is 32.1. The zero-order chi connectivity index (χ0) is 25.6. The van der Waals surface area contributed by atoms with Crippen LogP contribution in [0, 0.1) is 5.92 Å². The summed E-state index contributed by atoms with van der Waals surface area (Å²) in [5.74, 6) is 0.561. The molecule has 1 aliphatic carbocycles. The first kappa shape index (κ1) is 24.0. The normalized spacial score (nSPS) is 15.1. The number of fused-ring (bicyclic) bond motifs is 4. The fraction of sp³-hybridized carbons (Fsp3) is 0.400. The smallest absolute Gasteiger partial charge is 0.241 e. The zero-order valence-electron chi connectivity index (χ0n) is 21.1. The van der Waals surface area contributed by atoms with Gasteiger partial charge in [0.25, 0.3) is 0 Å². The van der Waals surface area contributed by atoms with Crippen molar-refractivity contribution in [2.75, 3.05) is 52.0 Å². The minimum absolute atomic E-state index is 0.0162. The predicted octanol–water partition coefficient (Wildman–Crippen LogP) is 2.80. The van der Waals surface area contributed by atoms with Crippen LogP contribution in [0.1, 0.15) is 16.9 Å². The Hall–Kier alpha value is -3.73. The Bertz CT molecular complexity index is 1460. The summed E-state index contributed by atoms with van der Waals surface area (Å²) in [7, 11) is 9.10. The summed E-state index contributed by atoms with van der Waals surface area (Å²) in [6.07, 6.45) is 7.51. The molecule has 0 unspecified atom stereocenters. The highest BCUT2D eigenvalue weighted by molar-refractivity contribution is 7.19. The van der Waals surface area contributed by atoms with Crippen LogP contribution in [0.2, 0.25) is 0 Å². The highest BCUT2D eigenvalue weighted by Crippen LogP contribution is 2.41. The molecule has 0 spiro atoms. The van der Waals surface area contributed by atoms with E-state index in [0.29, 0.717) is 6.42 Å². The van der Waals surface area contributed by atoms with E-state index >= 15 is 0 Å². The van der Waals surface area contributed by atoms with Gasteiger partial charge in [-0.1, -0.05) is 0 Å². The van der Waals surface area contributed by atoms with Gasteiger partial charge in [-0.05, 0) is 37.0 Å². The quantitative estimate of drug-likeness (QED) is 0.429. The Balaban J connectivity index is 1.44. The molecule has 10 nitrogen and oxygen atoms in total. The van der Waals surface area contributed by atoms with Crippen molar-refractivity contribution in [1.82, 2.24) is 29.4 Å². The molecule has 0 saturated carbocycles. The monoisotopic (exact) mass is 506 g/mol. The van der Waals surface area contributed by atoms with Crippen LogP contribution in [-0.2, 0) is 22.4 Å². The molecule has 0 aliphatic heterocycles. The molecule has 1 N–H and O–H groups in total. The van der Waals surface area contributed by atoms with Gasteiger partial charge in [-0.15, -0.1) is 11.3 Å². The van der Waals surface area contributed by atoms with E-state index < -0.39 is 0 Å². The van der Waals surface area contributed by atoms with E-state index in [2.05, 4.69) is 26.4 Å². The van der Waals surface area contributed by atoms with Crippen molar-refractivity contribution in [3.8, 4) is 0 Å². The molecule has 4 aromatic heterocycles. The van der Waals surface area contributed by atoms with E-state index in [0.717, 1.165) is 45.8 Å². The molecule has 0 saturated heterocycles. The second-order valence-corrected chi connectivity index (χ2v) is 10.7. The number of rotatable bonds is 6. The predicted molar refractivity (Wildman–Crippen MR) is 142 cm³/mol. The molecule has 2 amide bonds. The second-order valence-electron chi connectivity index (χ2n) is 9.62. The molecule has 0 aromatic carbocycles. The maximum absolute atomic E-state index is 13.1. The number of likely N-dealkylation sites (N-methyl/N-ethyl adjacent to an activating group) is 2. The van der Waals surface area contributed by atoms with E-state index in [1.807, 2.05) is 35.8 Å². The van der Waals surface area contributed by atoms with Crippen LogP contribution < -0.4 is 10.2 Å². The van der Waals surface area contributed by atoms with Crippen LogP contribution in [0.4, 0.5) is 17.2 Å². The van der Waals surface area contributed by atoms with Crippen LogP contribution in [0.15, 0.2) is 30.9 Å². The lowest BCUT2D eigenvalue weighted by molar-refractivity contribution is -0.140. The molecule has 11 heteroatoms. The number of aromatic nitrogens is 4. The lowest BCUT2D eigenvalue weighted by Gasteiger charge is -2.27. The molecule has 36 heavy (non-hydrogen) atoms. The van der Waals surface area contributed by atoms with Crippen molar-refractivity contribution in [2.45, 2.75) is 19.3 Å². The van der Waals surface area contributed by atoms with Crippen LogP contribution in [-0.4, -0.2) is 83.0 Å². The number of pyridine rings is 1. The topological polar surface area (TPSA) is 99.0 Å². The summed E-state index contributed by atoms with van der Waals surface area (Å²) in [5, 5.41) is 8.93. The molecular formula is C25H30N8O2S. The molecule has 1 aliphatic rings. The third kappa shape index (κ3) is 4.34. The number of amides is 2. The summed E-state index contributed by atoms with van der Waals surface area (Å²) >= 11 is 1.63. The van der Waals surface area contributed by atoms with E-state index in [1.165, 1.54) is 15.3 Å². The Morgan fingerprint density at radius 1 is 1.19 bits per heavy atom. The fourth-order valence-electron chi connectivity index (χ4n) is 4.69. The van der Waals surface area contributed by atoms with E-state index in [4.69, 9.17) is 0 Å². The van der Waals surface area contributed by atoms with Gasteiger partial charge >= 0.3 is 0 Å². The number of carbonyl (C=O) groups excluding carboxylic acids is 2. The van der Waals surface area contributed by atoms with Gasteiger partial charge < -0.3 is 20.0 Å². The van der Waals surface area contributed by atoms with Crippen molar-refractivity contribution < 1.29 is 9.59 Å². The highest BCUT2D eigenvalue weighted by Gasteiger charge is 2.31. The molecule has 188 valence electrons. The summed E-state index contributed by atoms with van der Waals surface area (Å²) in [6, 6.07) is 4.03. The Morgan fingerprint density at radius 3 is 2.75 bits per heavy atom. The summed E-state index contributed by atoms with van der Waals surface area (Å²) in [6.45, 7) is 0.0941. The summed E-state index contributed by atoms with van der Waals surface area (Å²) in [4.78, 5) is 41.5. The van der Waals surface area contributed by atoms with Crippen molar-refractivity contribution in [1.29, 1.82) is 0 Å². The SMILES string of the molecule is CN(C)C(=O)CN(C)C(=O)[C@H]1CCc2c(sc3ncnc(Nc4cc5ccnn5cc4N(C)C)c23)C1.